The molecule has 0 aromatic heterocycles. The van der Waals surface area contributed by atoms with Crippen molar-refractivity contribution in [3.63, 3.8) is 0 Å². The van der Waals surface area contributed by atoms with E-state index in [2.05, 4.69) is 5.32 Å². The van der Waals surface area contributed by atoms with Gasteiger partial charge in [-0.25, -0.2) is 8.42 Å². The van der Waals surface area contributed by atoms with Gasteiger partial charge in [-0.3, -0.25) is 9.59 Å². The first-order valence-electron chi connectivity index (χ1n) is 11.0. The molecule has 1 aromatic carbocycles. The van der Waals surface area contributed by atoms with E-state index < -0.39 is 15.9 Å². The summed E-state index contributed by atoms with van der Waals surface area (Å²) in [5.74, 6) is 0.952. The van der Waals surface area contributed by atoms with E-state index in [1.54, 1.807) is 19.1 Å². The minimum atomic E-state index is -3.68. The molecule has 0 radical (unpaired) electrons. The van der Waals surface area contributed by atoms with E-state index in [-0.39, 0.29) is 17.5 Å². The molecule has 9 heteroatoms. The second kappa shape index (κ2) is 9.26. The van der Waals surface area contributed by atoms with Gasteiger partial charge in [0.25, 0.3) is 5.91 Å². The zero-order chi connectivity index (χ0) is 22.0. The van der Waals surface area contributed by atoms with Crippen LogP contribution in [0.15, 0.2) is 23.1 Å². The van der Waals surface area contributed by atoms with Crippen LogP contribution in [0.3, 0.4) is 0 Å². The fourth-order valence-corrected chi connectivity index (χ4v) is 6.78. The Morgan fingerprint density at radius 2 is 1.97 bits per heavy atom. The van der Waals surface area contributed by atoms with Crippen molar-refractivity contribution in [1.82, 2.24) is 4.31 Å². The van der Waals surface area contributed by atoms with Gasteiger partial charge in [-0.1, -0.05) is 12.5 Å². The zero-order valence-corrected chi connectivity index (χ0v) is 18.7. The smallest absolute Gasteiger partial charge is 0.306 e. The van der Waals surface area contributed by atoms with Crippen LogP contribution in [0.1, 0.15) is 37.7 Å². The molecule has 3 fully saturated rings. The number of hydrogen-bond acceptors (Lipinski definition) is 6. The summed E-state index contributed by atoms with van der Waals surface area (Å²) in [6.45, 7) is 2.67. The number of sulfonamides is 1. The Morgan fingerprint density at radius 3 is 2.65 bits per heavy atom. The normalized spacial score (nSPS) is 26.0. The first-order chi connectivity index (χ1) is 14.8. The van der Waals surface area contributed by atoms with Crippen LogP contribution in [-0.2, 0) is 29.1 Å². The molecule has 4 rings (SSSR count). The molecule has 1 saturated heterocycles. The molecule has 0 unspecified atom stereocenters. The number of esters is 1. The number of carbonyl (C=O) groups excluding carboxylic acids is 2. The average molecular weight is 451 g/mol. The maximum absolute atomic E-state index is 13.0. The standard InChI is InChI=1S/C22H30N2O6S/c1-15-2-5-19(13-20(15)31(27,28)24-6-8-29-9-7-24)23-21(25)14-30-22(26)12-18-11-16-3-4-17(18)10-16/h2,5,13,16-18H,3-4,6-12,14H2,1H3,(H,23,25)/t16-,17-,18-/m0/s1. The number of ether oxygens (including phenoxy) is 2. The quantitative estimate of drug-likeness (QED) is 0.640. The monoisotopic (exact) mass is 450 g/mol. The number of rotatable bonds is 7. The predicted octanol–water partition coefficient (Wildman–Crippen LogP) is 2.32. The second-order valence-corrected chi connectivity index (χ2v) is 10.8. The molecular weight excluding hydrogens is 420 g/mol. The number of fused-ring (bicyclic) bond motifs is 2. The maximum atomic E-state index is 13.0. The number of hydrogen-bond donors (Lipinski definition) is 1. The number of carbonyl (C=O) groups is 2. The van der Waals surface area contributed by atoms with Crippen molar-refractivity contribution in [1.29, 1.82) is 0 Å². The van der Waals surface area contributed by atoms with Crippen LogP contribution in [0.25, 0.3) is 0 Å². The molecule has 1 aromatic rings. The Balaban J connectivity index is 1.32. The van der Waals surface area contributed by atoms with Gasteiger partial charge in [-0.2, -0.15) is 4.31 Å². The lowest BCUT2D eigenvalue weighted by Gasteiger charge is -2.26. The molecule has 0 spiro atoms. The molecule has 2 aliphatic carbocycles. The molecule has 2 bridgehead atoms. The summed E-state index contributed by atoms with van der Waals surface area (Å²) in [4.78, 5) is 24.6. The topological polar surface area (TPSA) is 102 Å². The highest BCUT2D eigenvalue weighted by molar-refractivity contribution is 7.89. The first-order valence-corrected chi connectivity index (χ1v) is 12.4. The highest BCUT2D eigenvalue weighted by Gasteiger charge is 2.40. The Kier molecular flexibility index (Phi) is 6.64. The Bertz CT molecular complexity index is 941. The van der Waals surface area contributed by atoms with E-state index in [1.807, 2.05) is 0 Å². The van der Waals surface area contributed by atoms with Crippen molar-refractivity contribution in [2.75, 3.05) is 38.2 Å². The van der Waals surface area contributed by atoms with Gasteiger partial charge in [-0.05, 0) is 61.6 Å². The first kappa shape index (κ1) is 22.2. The largest absolute Gasteiger partial charge is 0.456 e. The van der Waals surface area contributed by atoms with E-state index in [1.165, 1.54) is 29.6 Å². The lowest BCUT2D eigenvalue weighted by Crippen LogP contribution is -2.40. The third kappa shape index (κ3) is 5.10. The van der Waals surface area contributed by atoms with Crippen LogP contribution >= 0.6 is 0 Å². The van der Waals surface area contributed by atoms with Crippen molar-refractivity contribution >= 4 is 27.6 Å². The summed E-state index contributed by atoms with van der Waals surface area (Å²) < 4.78 is 37.7. The SMILES string of the molecule is Cc1ccc(NC(=O)COC(=O)C[C@@H]2C[C@H]3CC[C@H]2C3)cc1S(=O)(=O)N1CCOCC1. The lowest BCUT2D eigenvalue weighted by atomic mass is 9.86. The van der Waals surface area contributed by atoms with Gasteiger partial charge >= 0.3 is 5.97 Å². The van der Waals surface area contributed by atoms with Crippen LogP contribution in [0.2, 0.25) is 0 Å². The van der Waals surface area contributed by atoms with Crippen LogP contribution in [0.5, 0.6) is 0 Å². The van der Waals surface area contributed by atoms with Crippen LogP contribution < -0.4 is 5.32 Å². The summed E-state index contributed by atoms with van der Waals surface area (Å²) in [5, 5.41) is 2.64. The lowest BCUT2D eigenvalue weighted by molar-refractivity contribution is -0.148. The molecule has 170 valence electrons. The predicted molar refractivity (Wildman–Crippen MR) is 114 cm³/mol. The van der Waals surface area contributed by atoms with Crippen molar-refractivity contribution in [3.05, 3.63) is 23.8 Å². The van der Waals surface area contributed by atoms with Crippen molar-refractivity contribution in [2.45, 2.75) is 43.9 Å². The average Bonchev–Trinajstić information content (AvgIpc) is 3.37. The highest BCUT2D eigenvalue weighted by atomic mass is 32.2. The van der Waals surface area contributed by atoms with Gasteiger partial charge in [0.05, 0.1) is 18.1 Å². The van der Waals surface area contributed by atoms with Crippen LogP contribution in [-0.4, -0.2) is 57.5 Å². The number of nitrogens with zero attached hydrogens (tertiary/aromatic N) is 1. The summed E-state index contributed by atoms with van der Waals surface area (Å²) in [6.07, 6.45) is 5.17. The van der Waals surface area contributed by atoms with Gasteiger partial charge < -0.3 is 14.8 Å². The van der Waals surface area contributed by atoms with Crippen molar-refractivity contribution in [3.8, 4) is 0 Å². The summed E-state index contributed by atoms with van der Waals surface area (Å²) in [6, 6.07) is 4.75. The molecule has 3 atom stereocenters. The fourth-order valence-electron chi connectivity index (χ4n) is 5.12. The summed E-state index contributed by atoms with van der Waals surface area (Å²) in [5.41, 5.74) is 0.952. The molecule has 1 aliphatic heterocycles. The fraction of sp³-hybridized carbons (Fsp3) is 0.636. The highest BCUT2D eigenvalue weighted by Crippen LogP contribution is 2.49. The van der Waals surface area contributed by atoms with Gasteiger partial charge in [0, 0.05) is 25.2 Å². The summed E-state index contributed by atoms with van der Waals surface area (Å²) >= 11 is 0. The molecule has 2 saturated carbocycles. The van der Waals surface area contributed by atoms with Crippen LogP contribution in [0, 0.1) is 24.7 Å². The number of anilines is 1. The van der Waals surface area contributed by atoms with Gasteiger partial charge in [-0.15, -0.1) is 0 Å². The molecule has 3 aliphatic rings. The van der Waals surface area contributed by atoms with Gasteiger partial charge in [0.15, 0.2) is 6.61 Å². The Morgan fingerprint density at radius 1 is 1.19 bits per heavy atom. The maximum Gasteiger partial charge on any atom is 0.306 e. The van der Waals surface area contributed by atoms with E-state index in [9.17, 15) is 18.0 Å². The number of benzene rings is 1. The van der Waals surface area contributed by atoms with Crippen molar-refractivity contribution < 1.29 is 27.5 Å². The molecule has 8 nitrogen and oxygen atoms in total. The molecule has 1 amide bonds. The van der Waals surface area contributed by atoms with E-state index in [0.717, 1.165) is 12.3 Å². The van der Waals surface area contributed by atoms with Crippen LogP contribution in [0.4, 0.5) is 5.69 Å². The van der Waals surface area contributed by atoms with Gasteiger partial charge in [0.2, 0.25) is 10.0 Å². The Labute approximate surface area is 183 Å². The summed E-state index contributed by atoms with van der Waals surface area (Å²) in [7, 11) is -3.68. The molecule has 1 N–H and O–H groups in total. The second-order valence-electron chi connectivity index (χ2n) is 8.84. The van der Waals surface area contributed by atoms with E-state index in [4.69, 9.17) is 9.47 Å². The van der Waals surface area contributed by atoms with E-state index in [0.29, 0.717) is 55.8 Å². The molecule has 31 heavy (non-hydrogen) atoms. The zero-order valence-electron chi connectivity index (χ0n) is 17.8. The number of morpholine rings is 1. The minimum Gasteiger partial charge on any atom is -0.456 e. The third-order valence-corrected chi connectivity index (χ3v) is 8.78. The number of nitrogens with one attached hydrogen (secondary N) is 1. The minimum absolute atomic E-state index is 0.153. The van der Waals surface area contributed by atoms with Crippen molar-refractivity contribution in [2.24, 2.45) is 17.8 Å². The third-order valence-electron chi connectivity index (χ3n) is 6.74. The van der Waals surface area contributed by atoms with E-state index >= 15 is 0 Å². The molecular formula is C22H30N2O6S. The number of aryl methyl sites for hydroxylation is 1. The Hall–Kier alpha value is -1.97. The molecule has 1 heterocycles. The number of amides is 1. The van der Waals surface area contributed by atoms with Gasteiger partial charge in [0.1, 0.15) is 0 Å².